The molecule has 1 nitrogen and oxygen atoms in total. The normalized spacial score (nSPS) is 18.4. The smallest absolute Gasteiger partial charge is 0.133 e. The third-order valence-electron chi connectivity index (χ3n) is 3.71. The number of allylic oxidation sites excluding steroid dienone is 2. The van der Waals surface area contributed by atoms with Crippen LogP contribution in [-0.2, 0) is 4.79 Å². The van der Waals surface area contributed by atoms with Gasteiger partial charge in [0.2, 0.25) is 0 Å². The molecule has 0 aromatic heterocycles. The fourth-order valence-electron chi connectivity index (χ4n) is 2.78. The highest BCUT2D eigenvalue weighted by atomic mass is 16.1. The van der Waals surface area contributed by atoms with Crippen LogP contribution in [0.3, 0.4) is 0 Å². The molecule has 1 fully saturated rings. The third-order valence-corrected chi connectivity index (χ3v) is 3.71. The van der Waals surface area contributed by atoms with Crippen molar-refractivity contribution >= 4 is 5.78 Å². The summed E-state index contributed by atoms with van der Waals surface area (Å²) in [7, 11) is 0. The van der Waals surface area contributed by atoms with Crippen LogP contribution in [0.2, 0.25) is 0 Å². The van der Waals surface area contributed by atoms with Crippen molar-refractivity contribution in [3.63, 3.8) is 0 Å². The number of Topliss-reactive ketones (excluding diaryl/α,β-unsaturated/α-hetero) is 1. The van der Waals surface area contributed by atoms with Gasteiger partial charge in [-0.3, -0.25) is 4.79 Å². The fraction of sp³-hybridized carbons (Fsp3) is 0.800. The second-order valence-corrected chi connectivity index (χ2v) is 5.66. The molecule has 0 N–H and O–H groups in total. The predicted octanol–water partition coefficient (Wildman–Crippen LogP) is 4.66. The first-order chi connectivity index (χ1) is 7.58. The Hall–Kier alpha value is -0.590. The van der Waals surface area contributed by atoms with Crippen LogP contribution >= 0.6 is 0 Å². The average Bonchev–Trinajstić information content (AvgIpc) is 2.64. The van der Waals surface area contributed by atoms with Crippen LogP contribution in [0.15, 0.2) is 11.6 Å². The summed E-state index contributed by atoms with van der Waals surface area (Å²) >= 11 is 0. The largest absolute Gasteiger partial charge is 0.300 e. The topological polar surface area (TPSA) is 17.1 Å². The molecule has 0 saturated heterocycles. The number of hydrogen-bond donors (Lipinski definition) is 0. The van der Waals surface area contributed by atoms with Crippen LogP contribution in [0.5, 0.6) is 0 Å². The molecule has 0 bridgehead atoms. The van der Waals surface area contributed by atoms with Crippen LogP contribution in [0.25, 0.3) is 0 Å². The van der Waals surface area contributed by atoms with Gasteiger partial charge in [0.1, 0.15) is 5.78 Å². The summed E-state index contributed by atoms with van der Waals surface area (Å²) in [6.45, 7) is 6.39. The van der Waals surface area contributed by atoms with Gasteiger partial charge in [-0.05, 0) is 44.9 Å². The van der Waals surface area contributed by atoms with Crippen molar-refractivity contribution in [2.75, 3.05) is 0 Å². The zero-order valence-electron chi connectivity index (χ0n) is 11.1. The molecule has 0 atom stereocenters. The molecule has 0 radical (unpaired) electrons. The Morgan fingerprint density at radius 3 is 2.38 bits per heavy atom. The summed E-state index contributed by atoms with van der Waals surface area (Å²) in [5.74, 6) is 0.478. The maximum Gasteiger partial charge on any atom is 0.133 e. The molecule has 92 valence electrons. The van der Waals surface area contributed by atoms with E-state index in [4.69, 9.17) is 0 Å². The van der Waals surface area contributed by atoms with E-state index in [1.807, 2.05) is 0 Å². The predicted molar refractivity (Wildman–Crippen MR) is 69.5 cm³/mol. The van der Waals surface area contributed by atoms with Gasteiger partial charge in [-0.2, -0.15) is 0 Å². The highest BCUT2D eigenvalue weighted by Crippen LogP contribution is 2.45. The SMILES string of the molecule is CCCC(=O)CC1(CC=C(C)C)CCCC1. The Morgan fingerprint density at radius 2 is 1.88 bits per heavy atom. The van der Waals surface area contributed by atoms with Crippen molar-refractivity contribution in [2.24, 2.45) is 5.41 Å². The highest BCUT2D eigenvalue weighted by molar-refractivity contribution is 5.79. The van der Waals surface area contributed by atoms with Crippen LogP contribution in [0.1, 0.15) is 72.1 Å². The number of rotatable bonds is 6. The Balaban J connectivity index is 2.58. The van der Waals surface area contributed by atoms with Gasteiger partial charge in [-0.1, -0.05) is 31.4 Å². The summed E-state index contributed by atoms with van der Waals surface area (Å²) in [5.41, 5.74) is 1.71. The van der Waals surface area contributed by atoms with Gasteiger partial charge < -0.3 is 0 Å². The summed E-state index contributed by atoms with van der Waals surface area (Å²) in [6.07, 6.45) is 11.2. The molecule has 0 amide bonds. The molecule has 0 aliphatic heterocycles. The molecule has 1 aliphatic carbocycles. The second kappa shape index (κ2) is 6.22. The summed E-state index contributed by atoms with van der Waals surface area (Å²) in [6, 6.07) is 0. The molecule has 0 heterocycles. The van der Waals surface area contributed by atoms with Crippen LogP contribution in [0.4, 0.5) is 0 Å². The van der Waals surface area contributed by atoms with E-state index >= 15 is 0 Å². The highest BCUT2D eigenvalue weighted by Gasteiger charge is 2.34. The van der Waals surface area contributed by atoms with Crippen molar-refractivity contribution < 1.29 is 4.79 Å². The van der Waals surface area contributed by atoms with Crippen LogP contribution < -0.4 is 0 Å². The maximum absolute atomic E-state index is 11.8. The molecule has 1 saturated carbocycles. The molecular formula is C15H26O. The zero-order chi connectivity index (χ0) is 12.0. The van der Waals surface area contributed by atoms with E-state index in [0.717, 1.165) is 25.7 Å². The molecule has 1 rings (SSSR count). The molecule has 0 spiro atoms. The molecule has 0 aromatic carbocycles. The second-order valence-electron chi connectivity index (χ2n) is 5.66. The molecule has 1 heteroatoms. The Morgan fingerprint density at radius 1 is 1.25 bits per heavy atom. The van der Waals surface area contributed by atoms with E-state index in [1.54, 1.807) is 0 Å². The molecule has 0 unspecified atom stereocenters. The maximum atomic E-state index is 11.8. The summed E-state index contributed by atoms with van der Waals surface area (Å²) < 4.78 is 0. The monoisotopic (exact) mass is 222 g/mol. The van der Waals surface area contributed by atoms with E-state index in [-0.39, 0.29) is 0 Å². The first-order valence-corrected chi connectivity index (χ1v) is 6.73. The fourth-order valence-corrected chi connectivity index (χ4v) is 2.78. The minimum Gasteiger partial charge on any atom is -0.300 e. The minimum absolute atomic E-state index is 0.323. The van der Waals surface area contributed by atoms with Gasteiger partial charge in [-0.15, -0.1) is 0 Å². The number of hydrogen-bond acceptors (Lipinski definition) is 1. The molecule has 16 heavy (non-hydrogen) atoms. The van der Waals surface area contributed by atoms with Gasteiger partial charge in [0.05, 0.1) is 0 Å². The summed E-state index contributed by atoms with van der Waals surface area (Å²) in [4.78, 5) is 11.8. The van der Waals surface area contributed by atoms with Crippen molar-refractivity contribution in [2.45, 2.75) is 72.1 Å². The lowest BCUT2D eigenvalue weighted by molar-refractivity contribution is -0.121. The summed E-state index contributed by atoms with van der Waals surface area (Å²) in [5, 5.41) is 0. The Bertz CT molecular complexity index is 253. The van der Waals surface area contributed by atoms with Gasteiger partial charge in [-0.25, -0.2) is 0 Å². The Labute approximate surface area is 100 Å². The van der Waals surface area contributed by atoms with Crippen molar-refractivity contribution in [3.8, 4) is 0 Å². The minimum atomic E-state index is 0.323. The quantitative estimate of drug-likeness (QED) is 0.597. The molecule has 0 aromatic rings. The number of carbonyl (C=O) groups excluding carboxylic acids is 1. The van der Waals surface area contributed by atoms with Crippen molar-refractivity contribution in [1.82, 2.24) is 0 Å². The van der Waals surface area contributed by atoms with Crippen LogP contribution in [-0.4, -0.2) is 5.78 Å². The van der Waals surface area contributed by atoms with Gasteiger partial charge in [0.15, 0.2) is 0 Å². The lowest BCUT2D eigenvalue weighted by Crippen LogP contribution is -2.20. The van der Waals surface area contributed by atoms with Gasteiger partial charge in [0.25, 0.3) is 0 Å². The lowest BCUT2D eigenvalue weighted by Gasteiger charge is -2.27. The molecule has 1 aliphatic rings. The number of carbonyl (C=O) groups is 1. The standard InChI is InChI=1S/C15H26O/c1-4-7-14(16)12-15(9-5-6-10-15)11-8-13(2)3/h8H,4-7,9-12H2,1-3H3. The van der Waals surface area contributed by atoms with E-state index < -0.39 is 0 Å². The Kier molecular flexibility index (Phi) is 5.24. The third kappa shape index (κ3) is 4.11. The number of ketones is 1. The van der Waals surface area contributed by atoms with E-state index in [1.165, 1.54) is 31.3 Å². The zero-order valence-corrected chi connectivity index (χ0v) is 11.1. The van der Waals surface area contributed by atoms with E-state index in [2.05, 4.69) is 26.8 Å². The first-order valence-electron chi connectivity index (χ1n) is 6.73. The van der Waals surface area contributed by atoms with Gasteiger partial charge >= 0.3 is 0 Å². The first kappa shape index (κ1) is 13.5. The lowest BCUT2D eigenvalue weighted by atomic mass is 9.77. The van der Waals surface area contributed by atoms with Crippen molar-refractivity contribution in [3.05, 3.63) is 11.6 Å². The van der Waals surface area contributed by atoms with Gasteiger partial charge in [0, 0.05) is 12.8 Å². The molecular weight excluding hydrogens is 196 g/mol. The van der Waals surface area contributed by atoms with Crippen molar-refractivity contribution in [1.29, 1.82) is 0 Å². The average molecular weight is 222 g/mol. The van der Waals surface area contributed by atoms with Crippen LogP contribution in [0, 0.1) is 5.41 Å². The van der Waals surface area contributed by atoms with E-state index in [0.29, 0.717) is 11.2 Å². The van der Waals surface area contributed by atoms with E-state index in [9.17, 15) is 4.79 Å².